The zero-order valence-electron chi connectivity index (χ0n) is 11.4. The number of carboxylic acid groups (broad SMARTS) is 1. The highest BCUT2D eigenvalue weighted by Gasteiger charge is 2.29. The van der Waals surface area contributed by atoms with Crippen LogP contribution in [0.2, 0.25) is 0 Å². The van der Waals surface area contributed by atoms with E-state index in [4.69, 9.17) is 0 Å². The highest BCUT2D eigenvalue weighted by atomic mass is 32.2. The molecule has 0 bridgehead atoms. The SMILES string of the molecule is CSC1=NC(c2ccc([N+](=O)[O-])cc2)C(C(=O)O)=C(C)N1. The van der Waals surface area contributed by atoms with Gasteiger partial charge in [-0.3, -0.25) is 10.1 Å². The van der Waals surface area contributed by atoms with Crippen LogP contribution in [0.1, 0.15) is 18.5 Å². The lowest BCUT2D eigenvalue weighted by Crippen LogP contribution is -2.29. The predicted molar refractivity (Wildman–Crippen MR) is 80.3 cm³/mol. The number of hydrogen-bond donors (Lipinski definition) is 2. The number of nitro benzene ring substituents is 1. The molecule has 0 radical (unpaired) electrons. The maximum atomic E-state index is 11.4. The number of nitrogens with zero attached hydrogens (tertiary/aromatic N) is 2. The molecule has 8 heteroatoms. The number of aliphatic carboxylic acids is 1. The standard InChI is InChI=1S/C13H13N3O4S/c1-7-10(12(17)18)11(15-13(14-7)21-2)8-3-5-9(6-4-8)16(19)20/h3-6,11H,1-2H3,(H,14,15)(H,17,18). The predicted octanol–water partition coefficient (Wildman–Crippen LogP) is 2.32. The summed E-state index contributed by atoms with van der Waals surface area (Å²) in [5.74, 6) is -1.06. The van der Waals surface area contributed by atoms with Crippen LogP contribution < -0.4 is 5.32 Å². The molecule has 21 heavy (non-hydrogen) atoms. The molecule has 2 N–H and O–H groups in total. The Bertz CT molecular complexity index is 652. The Labute approximate surface area is 124 Å². The van der Waals surface area contributed by atoms with E-state index in [0.717, 1.165) is 0 Å². The molecule has 0 saturated heterocycles. The number of benzene rings is 1. The van der Waals surface area contributed by atoms with Gasteiger partial charge >= 0.3 is 5.97 Å². The lowest BCUT2D eigenvalue weighted by molar-refractivity contribution is -0.384. The molecule has 0 aromatic heterocycles. The van der Waals surface area contributed by atoms with Crippen molar-refractivity contribution >= 4 is 28.6 Å². The number of carbonyl (C=O) groups is 1. The second-order valence-electron chi connectivity index (χ2n) is 4.36. The molecule has 1 unspecified atom stereocenters. The van der Waals surface area contributed by atoms with Gasteiger partial charge < -0.3 is 10.4 Å². The summed E-state index contributed by atoms with van der Waals surface area (Å²) in [6, 6.07) is 5.09. The molecule has 0 fully saturated rings. The van der Waals surface area contributed by atoms with Gasteiger partial charge in [0.2, 0.25) is 0 Å². The summed E-state index contributed by atoms with van der Waals surface area (Å²) in [5, 5.41) is 23.6. The molecule has 1 atom stereocenters. The molecule has 1 heterocycles. The number of thioether (sulfide) groups is 1. The van der Waals surface area contributed by atoms with Crippen molar-refractivity contribution < 1.29 is 14.8 Å². The number of carboxylic acids is 1. The zero-order valence-corrected chi connectivity index (χ0v) is 12.2. The topological polar surface area (TPSA) is 105 Å². The van der Waals surface area contributed by atoms with Crippen molar-refractivity contribution in [3.8, 4) is 0 Å². The van der Waals surface area contributed by atoms with E-state index < -0.39 is 16.9 Å². The summed E-state index contributed by atoms with van der Waals surface area (Å²) >= 11 is 1.37. The summed E-state index contributed by atoms with van der Waals surface area (Å²) in [5.41, 5.74) is 1.22. The van der Waals surface area contributed by atoms with E-state index >= 15 is 0 Å². The Morgan fingerprint density at radius 2 is 2.05 bits per heavy atom. The van der Waals surface area contributed by atoms with Crippen molar-refractivity contribution in [3.63, 3.8) is 0 Å². The third kappa shape index (κ3) is 3.05. The maximum absolute atomic E-state index is 11.4. The van der Waals surface area contributed by atoms with E-state index in [2.05, 4.69) is 10.3 Å². The molecular formula is C13H13N3O4S. The summed E-state index contributed by atoms with van der Waals surface area (Å²) in [6.45, 7) is 1.67. The van der Waals surface area contributed by atoms with Crippen LogP contribution in [-0.4, -0.2) is 27.4 Å². The first-order valence-corrected chi connectivity index (χ1v) is 7.23. The van der Waals surface area contributed by atoms with Crippen LogP contribution >= 0.6 is 11.8 Å². The van der Waals surface area contributed by atoms with Crippen molar-refractivity contribution in [1.29, 1.82) is 0 Å². The molecule has 110 valence electrons. The summed E-state index contributed by atoms with van der Waals surface area (Å²) in [4.78, 5) is 26.0. The van der Waals surface area contributed by atoms with Gasteiger partial charge in [0.1, 0.15) is 6.04 Å². The molecule has 1 aromatic carbocycles. The minimum Gasteiger partial charge on any atom is -0.478 e. The molecule has 0 aliphatic carbocycles. The van der Waals surface area contributed by atoms with E-state index in [9.17, 15) is 20.0 Å². The largest absolute Gasteiger partial charge is 0.478 e. The molecule has 7 nitrogen and oxygen atoms in total. The zero-order chi connectivity index (χ0) is 15.6. The summed E-state index contributed by atoms with van der Waals surface area (Å²) < 4.78 is 0. The lowest BCUT2D eigenvalue weighted by Gasteiger charge is -2.24. The second kappa shape index (κ2) is 5.96. The second-order valence-corrected chi connectivity index (χ2v) is 5.15. The van der Waals surface area contributed by atoms with Crippen LogP contribution in [0.25, 0.3) is 0 Å². The number of rotatable bonds is 3. The average molecular weight is 307 g/mol. The quantitative estimate of drug-likeness (QED) is 0.656. The van der Waals surface area contributed by atoms with Gasteiger partial charge in [0.15, 0.2) is 5.17 Å². The fourth-order valence-electron chi connectivity index (χ4n) is 2.05. The normalized spacial score (nSPS) is 18.0. The number of nitrogens with one attached hydrogen (secondary N) is 1. The van der Waals surface area contributed by atoms with Crippen LogP contribution in [0.5, 0.6) is 0 Å². The minimum absolute atomic E-state index is 0.0423. The van der Waals surface area contributed by atoms with Gasteiger partial charge in [0, 0.05) is 17.8 Å². The smallest absolute Gasteiger partial charge is 0.335 e. The number of amidine groups is 1. The lowest BCUT2D eigenvalue weighted by atomic mass is 9.96. The molecule has 2 rings (SSSR count). The van der Waals surface area contributed by atoms with Crippen LogP contribution in [0.15, 0.2) is 40.5 Å². The van der Waals surface area contributed by atoms with Crippen molar-refractivity contribution in [2.75, 3.05) is 6.26 Å². The number of nitro groups is 1. The van der Waals surface area contributed by atoms with Crippen molar-refractivity contribution in [2.45, 2.75) is 13.0 Å². The molecule has 1 aliphatic rings. The van der Waals surface area contributed by atoms with Gasteiger partial charge in [0.05, 0.1) is 10.5 Å². The Kier molecular flexibility index (Phi) is 4.27. The Morgan fingerprint density at radius 3 is 2.52 bits per heavy atom. The molecule has 0 amide bonds. The van der Waals surface area contributed by atoms with E-state index in [1.54, 1.807) is 6.92 Å². The molecule has 0 saturated carbocycles. The molecule has 0 spiro atoms. The van der Waals surface area contributed by atoms with Crippen molar-refractivity contribution in [3.05, 3.63) is 51.2 Å². The first-order chi connectivity index (χ1) is 9.93. The Morgan fingerprint density at radius 1 is 1.43 bits per heavy atom. The Hall–Kier alpha value is -2.35. The van der Waals surface area contributed by atoms with E-state index in [1.807, 2.05) is 6.26 Å². The van der Waals surface area contributed by atoms with Crippen molar-refractivity contribution in [1.82, 2.24) is 5.32 Å². The van der Waals surface area contributed by atoms with Crippen molar-refractivity contribution in [2.24, 2.45) is 4.99 Å². The van der Waals surface area contributed by atoms with Crippen LogP contribution in [0.4, 0.5) is 5.69 Å². The maximum Gasteiger partial charge on any atom is 0.335 e. The van der Waals surface area contributed by atoms with E-state index in [-0.39, 0.29) is 11.3 Å². The van der Waals surface area contributed by atoms with E-state index in [0.29, 0.717) is 16.4 Å². The first-order valence-electron chi connectivity index (χ1n) is 6.01. The van der Waals surface area contributed by atoms with Gasteiger partial charge in [0.25, 0.3) is 5.69 Å². The summed E-state index contributed by atoms with van der Waals surface area (Å²) in [7, 11) is 0. The fourth-order valence-corrected chi connectivity index (χ4v) is 2.51. The highest BCUT2D eigenvalue weighted by molar-refractivity contribution is 8.13. The molecular weight excluding hydrogens is 294 g/mol. The number of allylic oxidation sites excluding steroid dienone is 1. The van der Waals surface area contributed by atoms with Gasteiger partial charge in [-0.1, -0.05) is 11.8 Å². The summed E-state index contributed by atoms with van der Waals surface area (Å²) in [6.07, 6.45) is 1.83. The van der Waals surface area contributed by atoms with Crippen LogP contribution in [0.3, 0.4) is 0 Å². The van der Waals surface area contributed by atoms with Crippen LogP contribution in [-0.2, 0) is 4.79 Å². The number of non-ortho nitro benzene ring substituents is 1. The fraction of sp³-hybridized carbons (Fsp3) is 0.231. The Balaban J connectivity index is 2.46. The van der Waals surface area contributed by atoms with Gasteiger partial charge in [-0.2, -0.15) is 0 Å². The third-order valence-electron chi connectivity index (χ3n) is 3.06. The average Bonchev–Trinajstić information content (AvgIpc) is 2.45. The first kappa shape index (κ1) is 15.0. The van der Waals surface area contributed by atoms with Crippen LogP contribution in [0, 0.1) is 10.1 Å². The monoisotopic (exact) mass is 307 g/mol. The van der Waals surface area contributed by atoms with E-state index in [1.165, 1.54) is 36.0 Å². The molecule has 1 aliphatic heterocycles. The number of hydrogen-bond acceptors (Lipinski definition) is 6. The minimum atomic E-state index is -1.06. The van der Waals surface area contributed by atoms with Gasteiger partial charge in [-0.25, -0.2) is 9.79 Å². The van der Waals surface area contributed by atoms with Gasteiger partial charge in [-0.15, -0.1) is 0 Å². The third-order valence-corrected chi connectivity index (χ3v) is 3.66. The highest BCUT2D eigenvalue weighted by Crippen LogP contribution is 2.32. The number of aliphatic imine (C=N–C) groups is 1. The van der Waals surface area contributed by atoms with Gasteiger partial charge in [-0.05, 0) is 30.9 Å². The molecule has 1 aromatic rings.